The van der Waals surface area contributed by atoms with Gasteiger partial charge in [-0.1, -0.05) is 24.3 Å². The molecule has 0 unspecified atom stereocenters. The summed E-state index contributed by atoms with van der Waals surface area (Å²) in [7, 11) is 1.35. The molecule has 0 aliphatic carbocycles. The van der Waals surface area contributed by atoms with Crippen molar-refractivity contribution >= 4 is 5.97 Å². The van der Waals surface area contributed by atoms with E-state index in [4.69, 9.17) is 5.11 Å². The number of hydrogen-bond donors (Lipinski definition) is 1. The molecule has 0 saturated carbocycles. The molecule has 0 radical (unpaired) electrons. The van der Waals surface area contributed by atoms with Gasteiger partial charge in [0, 0.05) is 6.92 Å². The number of rotatable bonds is 1. The summed E-state index contributed by atoms with van der Waals surface area (Å²) >= 11 is 0. The van der Waals surface area contributed by atoms with Crippen LogP contribution in [0.5, 0.6) is 0 Å². The lowest BCUT2D eigenvalue weighted by molar-refractivity contribution is -0.137. The Bertz CT molecular complexity index is 282. The number of benzene rings is 1. The highest BCUT2D eigenvalue weighted by Gasteiger charge is 1.90. The van der Waals surface area contributed by atoms with E-state index >= 15 is 0 Å². The van der Waals surface area contributed by atoms with Gasteiger partial charge in [-0.3, -0.25) is 4.79 Å². The fourth-order valence-corrected chi connectivity index (χ4v) is 0.787. The molecule has 3 nitrogen and oxygen atoms in total. The van der Waals surface area contributed by atoms with Gasteiger partial charge in [-0.15, -0.1) is 0 Å². The molecule has 3 heteroatoms. The number of aliphatic hydroxyl groups is 1. The predicted molar refractivity (Wildman–Crippen MR) is 54.8 cm³/mol. The van der Waals surface area contributed by atoms with E-state index < -0.39 is 0 Å². The maximum atomic E-state index is 9.59. The van der Waals surface area contributed by atoms with Crippen molar-refractivity contribution in [1.82, 2.24) is 0 Å². The first-order valence-corrected chi connectivity index (χ1v) is 4.31. The van der Waals surface area contributed by atoms with Crippen LogP contribution in [0.1, 0.15) is 18.1 Å². The number of carbonyl (C=O) groups is 1. The monoisotopic (exact) mass is 196 g/mol. The van der Waals surface area contributed by atoms with Crippen molar-refractivity contribution in [2.24, 2.45) is 0 Å². The van der Waals surface area contributed by atoms with Gasteiger partial charge in [0.1, 0.15) is 0 Å². The fraction of sp³-hybridized carbons (Fsp3) is 0.364. The molecule has 0 fully saturated rings. The first-order chi connectivity index (χ1) is 6.61. The fourth-order valence-electron chi connectivity index (χ4n) is 0.787. The number of hydrogen-bond acceptors (Lipinski definition) is 3. The number of ether oxygens (including phenoxy) is 1. The van der Waals surface area contributed by atoms with Crippen molar-refractivity contribution in [3.63, 3.8) is 0 Å². The van der Waals surface area contributed by atoms with Crippen LogP contribution in [0.2, 0.25) is 0 Å². The lowest BCUT2D eigenvalue weighted by Crippen LogP contribution is -1.88. The molecule has 0 aliphatic rings. The van der Waals surface area contributed by atoms with E-state index in [1.165, 1.54) is 14.0 Å². The average molecular weight is 196 g/mol. The van der Waals surface area contributed by atoms with Gasteiger partial charge in [0.25, 0.3) is 0 Å². The van der Waals surface area contributed by atoms with E-state index in [0.717, 1.165) is 11.1 Å². The van der Waals surface area contributed by atoms with Crippen molar-refractivity contribution in [3.8, 4) is 0 Å². The molecule has 0 atom stereocenters. The van der Waals surface area contributed by atoms with Gasteiger partial charge in [-0.25, -0.2) is 0 Å². The number of aryl methyl sites for hydroxylation is 1. The topological polar surface area (TPSA) is 46.5 Å². The minimum absolute atomic E-state index is 0.146. The summed E-state index contributed by atoms with van der Waals surface area (Å²) in [6.07, 6.45) is 0. The van der Waals surface area contributed by atoms with E-state index in [0.29, 0.717) is 0 Å². The van der Waals surface area contributed by atoms with Crippen LogP contribution in [-0.4, -0.2) is 18.2 Å². The number of esters is 1. The Balaban J connectivity index is 0.000000292. The van der Waals surface area contributed by atoms with Crippen LogP contribution in [0.25, 0.3) is 0 Å². The first-order valence-electron chi connectivity index (χ1n) is 4.31. The zero-order valence-corrected chi connectivity index (χ0v) is 8.78. The van der Waals surface area contributed by atoms with E-state index in [-0.39, 0.29) is 12.6 Å². The lowest BCUT2D eigenvalue weighted by atomic mass is 10.1. The van der Waals surface area contributed by atoms with Gasteiger partial charge in [0.05, 0.1) is 13.7 Å². The van der Waals surface area contributed by atoms with Crippen molar-refractivity contribution < 1.29 is 14.6 Å². The smallest absolute Gasteiger partial charge is 0.302 e. The highest BCUT2D eigenvalue weighted by atomic mass is 16.5. The zero-order valence-electron chi connectivity index (χ0n) is 8.78. The molecule has 14 heavy (non-hydrogen) atoms. The summed E-state index contributed by atoms with van der Waals surface area (Å²) in [6, 6.07) is 7.81. The molecule has 0 aliphatic heterocycles. The molecule has 0 amide bonds. The van der Waals surface area contributed by atoms with E-state index in [1.807, 2.05) is 31.2 Å². The third-order valence-corrected chi connectivity index (χ3v) is 1.72. The molecule has 1 aromatic carbocycles. The van der Waals surface area contributed by atoms with E-state index in [9.17, 15) is 4.79 Å². The first kappa shape index (κ1) is 12.7. The van der Waals surface area contributed by atoms with Crippen LogP contribution in [0.3, 0.4) is 0 Å². The van der Waals surface area contributed by atoms with Crippen LogP contribution in [0.4, 0.5) is 0 Å². The minimum Gasteiger partial charge on any atom is -0.469 e. The highest BCUT2D eigenvalue weighted by molar-refractivity contribution is 5.65. The quantitative estimate of drug-likeness (QED) is 0.695. The van der Waals surface area contributed by atoms with Crippen molar-refractivity contribution in [3.05, 3.63) is 35.4 Å². The van der Waals surface area contributed by atoms with Crippen molar-refractivity contribution in [2.45, 2.75) is 20.5 Å². The standard InChI is InChI=1S/C8H10O.C3H6O2/c1-7-4-2-3-5-8(7)6-9;1-3(4)5-2/h2-5,9H,6H2,1H3;1-2H3. The SMILES string of the molecule is COC(C)=O.Cc1ccccc1CO. The molecular weight excluding hydrogens is 180 g/mol. The largest absolute Gasteiger partial charge is 0.469 e. The zero-order chi connectivity index (χ0) is 11.0. The summed E-state index contributed by atoms with van der Waals surface area (Å²) in [5.41, 5.74) is 2.16. The van der Waals surface area contributed by atoms with Crippen LogP contribution in [0.15, 0.2) is 24.3 Å². The second-order valence-corrected chi connectivity index (χ2v) is 2.78. The Hall–Kier alpha value is -1.35. The Morgan fingerprint density at radius 2 is 1.93 bits per heavy atom. The Morgan fingerprint density at radius 3 is 2.21 bits per heavy atom. The van der Waals surface area contributed by atoms with E-state index in [1.54, 1.807) is 0 Å². The summed E-state index contributed by atoms with van der Waals surface area (Å²) in [6.45, 7) is 3.50. The van der Waals surface area contributed by atoms with E-state index in [2.05, 4.69) is 4.74 Å². The van der Waals surface area contributed by atoms with Crippen LogP contribution in [0, 0.1) is 6.92 Å². The predicted octanol–water partition coefficient (Wildman–Crippen LogP) is 1.67. The Morgan fingerprint density at radius 1 is 1.43 bits per heavy atom. The van der Waals surface area contributed by atoms with Gasteiger partial charge in [-0.05, 0) is 18.1 Å². The molecule has 1 aromatic rings. The van der Waals surface area contributed by atoms with Gasteiger partial charge in [0.2, 0.25) is 0 Å². The van der Waals surface area contributed by atoms with Crippen molar-refractivity contribution in [2.75, 3.05) is 7.11 Å². The molecular formula is C11H16O3. The summed E-state index contributed by atoms with van der Waals surface area (Å²) < 4.78 is 4.11. The van der Waals surface area contributed by atoms with Crippen LogP contribution < -0.4 is 0 Å². The molecule has 1 rings (SSSR count). The Kier molecular flexibility index (Phi) is 6.41. The second kappa shape index (κ2) is 7.09. The molecule has 1 N–H and O–H groups in total. The summed E-state index contributed by atoms with van der Waals surface area (Å²) in [5, 5.41) is 8.72. The van der Waals surface area contributed by atoms with Gasteiger partial charge >= 0.3 is 5.97 Å². The van der Waals surface area contributed by atoms with Gasteiger partial charge < -0.3 is 9.84 Å². The lowest BCUT2D eigenvalue weighted by Gasteiger charge is -1.97. The molecule has 78 valence electrons. The number of aliphatic hydroxyl groups excluding tert-OH is 1. The third kappa shape index (κ3) is 5.32. The molecule has 0 bridgehead atoms. The molecule has 0 saturated heterocycles. The summed E-state index contributed by atoms with van der Waals surface area (Å²) in [4.78, 5) is 9.59. The third-order valence-electron chi connectivity index (χ3n) is 1.72. The summed E-state index contributed by atoms with van der Waals surface area (Å²) in [5.74, 6) is -0.245. The van der Waals surface area contributed by atoms with Gasteiger partial charge in [-0.2, -0.15) is 0 Å². The van der Waals surface area contributed by atoms with Gasteiger partial charge in [0.15, 0.2) is 0 Å². The Labute approximate surface area is 84.3 Å². The maximum Gasteiger partial charge on any atom is 0.302 e. The average Bonchev–Trinajstić information content (AvgIpc) is 2.19. The van der Waals surface area contributed by atoms with Crippen LogP contribution in [-0.2, 0) is 16.1 Å². The maximum absolute atomic E-state index is 9.59. The molecule has 0 heterocycles. The van der Waals surface area contributed by atoms with Crippen LogP contribution >= 0.6 is 0 Å². The molecule has 0 aromatic heterocycles. The number of carbonyl (C=O) groups excluding carboxylic acids is 1. The highest BCUT2D eigenvalue weighted by Crippen LogP contribution is 2.05. The normalized spacial score (nSPS) is 8.57. The second-order valence-electron chi connectivity index (χ2n) is 2.78. The number of methoxy groups -OCH3 is 1. The van der Waals surface area contributed by atoms with Crippen molar-refractivity contribution in [1.29, 1.82) is 0 Å². The molecule has 0 spiro atoms. The minimum atomic E-state index is -0.245.